The first-order valence-electron chi connectivity index (χ1n) is 7.25. The number of aliphatic hydroxyl groups is 1. The van der Waals surface area contributed by atoms with E-state index >= 15 is 0 Å². The number of carbonyl (C=O) groups excluding carboxylic acids is 1. The van der Waals surface area contributed by atoms with Gasteiger partial charge in [-0.3, -0.25) is 9.00 Å². The summed E-state index contributed by atoms with van der Waals surface area (Å²) in [5.74, 6) is -1.20. The Morgan fingerprint density at radius 1 is 1.27 bits per heavy atom. The molecule has 1 rings (SSSR count). The van der Waals surface area contributed by atoms with Gasteiger partial charge in [0.25, 0.3) is 5.24 Å². The molecule has 1 atom stereocenters. The van der Waals surface area contributed by atoms with E-state index in [9.17, 15) is 18.9 Å². The van der Waals surface area contributed by atoms with Gasteiger partial charge in [0.15, 0.2) is 0 Å². The lowest BCUT2D eigenvalue weighted by atomic mass is 10.2. The van der Waals surface area contributed by atoms with Crippen molar-refractivity contribution in [2.24, 2.45) is 5.73 Å². The van der Waals surface area contributed by atoms with Crippen molar-refractivity contribution in [1.82, 2.24) is 0 Å². The van der Waals surface area contributed by atoms with Crippen molar-refractivity contribution in [2.75, 3.05) is 0 Å². The van der Waals surface area contributed by atoms with Crippen LogP contribution in [0.5, 0.6) is 0 Å². The highest BCUT2D eigenvalue weighted by atomic mass is 32.2. The zero-order chi connectivity index (χ0) is 16.8. The van der Waals surface area contributed by atoms with E-state index < -0.39 is 26.6 Å². The zero-order valence-corrected chi connectivity index (χ0v) is 13.5. The fraction of sp³-hybridized carbons (Fsp3) is 0.467. The van der Waals surface area contributed by atoms with Crippen LogP contribution in [0.15, 0.2) is 29.2 Å². The van der Waals surface area contributed by atoms with Crippen molar-refractivity contribution >= 4 is 21.1 Å². The fourth-order valence-corrected chi connectivity index (χ4v) is 4.30. The average molecular weight is 329 g/mol. The number of hydrogen-bond acceptors (Lipinski definition) is 4. The molecule has 0 heterocycles. The van der Waals surface area contributed by atoms with E-state index in [0.29, 0.717) is 6.42 Å². The molecule has 22 heavy (non-hydrogen) atoms. The maximum absolute atomic E-state index is 12.9. The number of nitrogens with two attached hydrogens (primary N) is 1. The Morgan fingerprint density at radius 3 is 2.50 bits per heavy atom. The first-order valence-corrected chi connectivity index (χ1v) is 9.03. The molecule has 0 aliphatic rings. The highest BCUT2D eigenvalue weighted by Gasteiger charge is 2.33. The molecule has 0 aliphatic heterocycles. The Balaban J connectivity index is 3.05. The number of carboxylic acid groups (broad SMARTS) is 1. The summed E-state index contributed by atoms with van der Waals surface area (Å²) in [5, 5.41) is 18.1. The number of carboxylic acids is 1. The van der Waals surface area contributed by atoms with Gasteiger partial charge in [-0.1, -0.05) is 32.3 Å². The number of rotatable bonds is 8. The third-order valence-electron chi connectivity index (χ3n) is 3.54. The summed E-state index contributed by atoms with van der Waals surface area (Å²) in [4.78, 5) is 22.7. The van der Waals surface area contributed by atoms with Gasteiger partial charge in [-0.05, 0) is 31.0 Å². The summed E-state index contributed by atoms with van der Waals surface area (Å²) in [6, 6.07) is 5.22. The summed E-state index contributed by atoms with van der Waals surface area (Å²) >= 11 is 0. The van der Waals surface area contributed by atoms with E-state index in [-0.39, 0.29) is 16.9 Å². The molecule has 0 spiro atoms. The molecule has 1 aromatic rings. The number of hydrogen-bond donors (Lipinski definition) is 4. The van der Waals surface area contributed by atoms with Crippen LogP contribution in [0.2, 0.25) is 0 Å². The number of amides is 1. The van der Waals surface area contributed by atoms with Crippen LogP contribution in [0.3, 0.4) is 0 Å². The van der Waals surface area contributed by atoms with Crippen LogP contribution in [0.25, 0.3) is 0 Å². The van der Waals surface area contributed by atoms with Crippen molar-refractivity contribution in [2.45, 2.75) is 49.4 Å². The predicted molar refractivity (Wildman–Crippen MR) is 85.6 cm³/mol. The van der Waals surface area contributed by atoms with Crippen LogP contribution in [0, 0.1) is 0 Å². The minimum atomic E-state index is -3.92. The second-order valence-electron chi connectivity index (χ2n) is 5.18. The molecule has 4 N–H and O–H groups in total. The zero-order valence-electron chi connectivity index (χ0n) is 12.6. The lowest BCUT2D eigenvalue weighted by Crippen LogP contribution is -2.39. The van der Waals surface area contributed by atoms with Crippen molar-refractivity contribution in [3.8, 4) is 0 Å². The van der Waals surface area contributed by atoms with Gasteiger partial charge < -0.3 is 15.9 Å². The number of thiol groups is 1. The predicted octanol–water partition coefficient (Wildman–Crippen LogP) is 2.13. The van der Waals surface area contributed by atoms with Crippen molar-refractivity contribution < 1.29 is 24.0 Å². The largest absolute Gasteiger partial charge is 0.478 e. The Morgan fingerprint density at radius 2 is 1.95 bits per heavy atom. The smallest absolute Gasteiger partial charge is 0.335 e. The van der Waals surface area contributed by atoms with Crippen LogP contribution in [-0.2, 0) is 9.93 Å². The number of aromatic carboxylic acids is 1. The lowest BCUT2D eigenvalue weighted by Gasteiger charge is -2.26. The Labute approximate surface area is 130 Å². The number of unbranched alkanes of at least 4 members (excludes halogenated alkanes) is 3. The van der Waals surface area contributed by atoms with Crippen molar-refractivity contribution in [1.29, 1.82) is 0 Å². The normalized spacial score (nSPS) is 13.5. The maximum Gasteiger partial charge on any atom is 0.335 e. The van der Waals surface area contributed by atoms with E-state index in [4.69, 9.17) is 10.8 Å². The van der Waals surface area contributed by atoms with Gasteiger partial charge in [0.2, 0.25) is 0 Å². The molecular weight excluding hydrogens is 306 g/mol. The third-order valence-corrected chi connectivity index (χ3v) is 6.34. The number of aliphatic hydroxyl groups excluding tert-OH is 1. The third kappa shape index (κ3) is 4.14. The summed E-state index contributed by atoms with van der Waals surface area (Å²) in [7, 11) is -3.92. The number of benzene rings is 1. The van der Waals surface area contributed by atoms with E-state index in [1.54, 1.807) is 0 Å². The summed E-state index contributed by atoms with van der Waals surface area (Å²) < 4.78 is 12.9. The van der Waals surface area contributed by atoms with Gasteiger partial charge in [-0.25, -0.2) is 4.79 Å². The van der Waals surface area contributed by atoms with Gasteiger partial charge in [0.1, 0.15) is 5.44 Å². The molecule has 0 radical (unpaired) electrons. The van der Waals surface area contributed by atoms with Crippen molar-refractivity contribution in [3.63, 3.8) is 0 Å². The first-order chi connectivity index (χ1) is 10.3. The summed E-state index contributed by atoms with van der Waals surface area (Å²) in [5.41, 5.74) is 3.77. The molecule has 0 saturated carbocycles. The van der Waals surface area contributed by atoms with E-state index in [2.05, 4.69) is 0 Å². The van der Waals surface area contributed by atoms with Gasteiger partial charge in [0, 0.05) is 14.8 Å². The number of carbonyl (C=O) groups is 2. The van der Waals surface area contributed by atoms with E-state index in [0.717, 1.165) is 25.3 Å². The fourth-order valence-electron chi connectivity index (χ4n) is 2.23. The van der Waals surface area contributed by atoms with Gasteiger partial charge in [-0.2, -0.15) is 0 Å². The van der Waals surface area contributed by atoms with Crippen LogP contribution < -0.4 is 5.73 Å². The highest BCUT2D eigenvalue weighted by molar-refractivity contribution is 8.16. The van der Waals surface area contributed by atoms with Gasteiger partial charge >= 0.3 is 5.97 Å². The molecule has 1 unspecified atom stereocenters. The number of primary amides is 1. The molecule has 0 bridgehead atoms. The Kier molecular flexibility index (Phi) is 6.70. The Hall–Kier alpha value is -1.73. The lowest BCUT2D eigenvalue weighted by molar-refractivity contribution is 0.0696. The topological polar surface area (TPSA) is 118 Å². The van der Waals surface area contributed by atoms with Crippen LogP contribution in [0.1, 0.15) is 49.4 Å². The molecule has 124 valence electrons. The second kappa shape index (κ2) is 8.05. The van der Waals surface area contributed by atoms with Crippen LogP contribution >= 0.6 is 0 Å². The maximum atomic E-state index is 12.9. The van der Waals surface area contributed by atoms with Crippen LogP contribution in [0.4, 0.5) is 4.79 Å². The minimum Gasteiger partial charge on any atom is -0.478 e. The monoisotopic (exact) mass is 329 g/mol. The standard InChI is InChI=1S/C15H23NO5S/c1-2-3-4-5-9-13(17)22(21,15(16)20)12-8-6-7-11(10-12)14(18)19/h6-8,10,13,17,22H,2-5,9H2,1H3,(H2,16,20)(H,18,19). The van der Waals surface area contributed by atoms with Crippen molar-refractivity contribution in [3.05, 3.63) is 29.8 Å². The molecule has 0 aromatic heterocycles. The first kappa shape index (κ1) is 18.3. The quantitative estimate of drug-likeness (QED) is 0.430. The molecule has 0 fully saturated rings. The van der Waals surface area contributed by atoms with Gasteiger partial charge in [0.05, 0.1) is 5.56 Å². The van der Waals surface area contributed by atoms with Crippen LogP contribution in [-0.4, -0.2) is 31.1 Å². The average Bonchev–Trinajstić information content (AvgIpc) is 2.50. The summed E-state index contributed by atoms with van der Waals surface area (Å²) in [6.07, 6.45) is 3.69. The molecule has 1 amide bonds. The molecule has 1 aromatic carbocycles. The minimum absolute atomic E-state index is 0.0112. The molecular formula is C15H23NO5S. The van der Waals surface area contributed by atoms with E-state index in [1.165, 1.54) is 18.2 Å². The highest BCUT2D eigenvalue weighted by Crippen LogP contribution is 2.27. The summed E-state index contributed by atoms with van der Waals surface area (Å²) in [6.45, 7) is 2.04. The SMILES string of the molecule is CCCCCCC(O)[SH](=O)(C(N)=O)c1cccc(C(=O)O)c1. The molecule has 7 heteroatoms. The van der Waals surface area contributed by atoms with Gasteiger partial charge in [-0.15, -0.1) is 0 Å². The molecule has 6 nitrogen and oxygen atoms in total. The second-order valence-corrected chi connectivity index (χ2v) is 8.05. The van der Waals surface area contributed by atoms with E-state index in [1.807, 2.05) is 6.92 Å². The Bertz CT molecular complexity index is 587. The molecule has 0 saturated heterocycles. The molecule has 0 aliphatic carbocycles.